The quantitative estimate of drug-likeness (QED) is 0.659. The monoisotopic (exact) mass is 444 g/mol. The molecule has 5 nitrogen and oxygen atoms in total. The summed E-state index contributed by atoms with van der Waals surface area (Å²) >= 11 is 18.4. The van der Waals surface area contributed by atoms with Gasteiger partial charge in [-0.15, -0.1) is 0 Å². The highest BCUT2D eigenvalue weighted by atomic mass is 35.5. The molecule has 9 heteroatoms. The standard InChI is InChI=1S/C19H20Cl3FN4O/c1-2-13-5-6-26(18-15(21)10-24-11-16(18)22)7-8-27(13)19(28)25-12-3-4-17(23)14(20)9-12/h3-4,9-11,13H,2,5-8H2,1H3,(H,25,28). The van der Waals surface area contributed by atoms with Crippen LogP contribution in [0.5, 0.6) is 0 Å². The van der Waals surface area contributed by atoms with Gasteiger partial charge in [0.25, 0.3) is 0 Å². The molecule has 2 heterocycles. The lowest BCUT2D eigenvalue weighted by atomic mass is 10.1. The van der Waals surface area contributed by atoms with Crippen LogP contribution in [0.2, 0.25) is 15.1 Å². The average Bonchev–Trinajstić information content (AvgIpc) is 2.87. The second-order valence-electron chi connectivity index (χ2n) is 6.54. The molecule has 3 rings (SSSR count). The van der Waals surface area contributed by atoms with Gasteiger partial charge in [0.1, 0.15) is 5.82 Å². The Balaban J connectivity index is 1.76. The van der Waals surface area contributed by atoms with Gasteiger partial charge in [-0.2, -0.15) is 0 Å². The number of pyridine rings is 1. The largest absolute Gasteiger partial charge is 0.367 e. The highest BCUT2D eigenvalue weighted by molar-refractivity contribution is 6.38. The Morgan fingerprint density at radius 2 is 1.89 bits per heavy atom. The summed E-state index contributed by atoms with van der Waals surface area (Å²) < 4.78 is 13.3. The van der Waals surface area contributed by atoms with Gasteiger partial charge in [-0.25, -0.2) is 9.18 Å². The zero-order valence-electron chi connectivity index (χ0n) is 15.3. The molecule has 1 atom stereocenters. The van der Waals surface area contributed by atoms with E-state index >= 15 is 0 Å². The van der Waals surface area contributed by atoms with Crippen LogP contribution in [-0.4, -0.2) is 41.6 Å². The van der Waals surface area contributed by atoms with E-state index in [4.69, 9.17) is 34.8 Å². The molecule has 0 aliphatic carbocycles. The van der Waals surface area contributed by atoms with E-state index in [1.807, 2.05) is 6.92 Å². The number of halogens is 4. The second-order valence-corrected chi connectivity index (χ2v) is 7.76. The highest BCUT2D eigenvalue weighted by Gasteiger charge is 2.28. The van der Waals surface area contributed by atoms with Gasteiger partial charge >= 0.3 is 6.03 Å². The van der Waals surface area contributed by atoms with Gasteiger partial charge < -0.3 is 15.1 Å². The van der Waals surface area contributed by atoms with Gasteiger partial charge in [0.05, 0.1) is 20.8 Å². The van der Waals surface area contributed by atoms with E-state index in [2.05, 4.69) is 15.2 Å². The number of nitrogens with zero attached hydrogens (tertiary/aromatic N) is 3. The first kappa shape index (κ1) is 21.0. The Morgan fingerprint density at radius 3 is 2.54 bits per heavy atom. The summed E-state index contributed by atoms with van der Waals surface area (Å²) in [6, 6.07) is 3.92. The van der Waals surface area contributed by atoms with Crippen LogP contribution in [0.1, 0.15) is 19.8 Å². The molecular weight excluding hydrogens is 426 g/mol. The van der Waals surface area contributed by atoms with Crippen LogP contribution < -0.4 is 10.2 Å². The predicted molar refractivity (Wildman–Crippen MR) is 112 cm³/mol. The van der Waals surface area contributed by atoms with Gasteiger partial charge in [0.15, 0.2) is 0 Å². The van der Waals surface area contributed by atoms with Gasteiger partial charge in [0, 0.05) is 43.8 Å². The van der Waals surface area contributed by atoms with Crippen molar-refractivity contribution in [2.24, 2.45) is 0 Å². The van der Waals surface area contributed by atoms with Crippen molar-refractivity contribution < 1.29 is 9.18 Å². The minimum absolute atomic E-state index is 0.0335. The maximum Gasteiger partial charge on any atom is 0.322 e. The number of carbonyl (C=O) groups excluding carboxylic acids is 1. The molecule has 0 bridgehead atoms. The van der Waals surface area contributed by atoms with Crippen LogP contribution in [0.15, 0.2) is 30.6 Å². The van der Waals surface area contributed by atoms with Crippen LogP contribution in [-0.2, 0) is 0 Å². The van der Waals surface area contributed by atoms with E-state index in [0.717, 1.165) is 18.5 Å². The number of nitrogens with one attached hydrogen (secondary N) is 1. The maximum absolute atomic E-state index is 13.3. The van der Waals surface area contributed by atoms with E-state index in [1.54, 1.807) is 17.3 Å². The number of rotatable bonds is 3. The SMILES string of the molecule is CCC1CCN(c2c(Cl)cncc2Cl)CCN1C(=O)Nc1ccc(F)c(Cl)c1. The fraction of sp³-hybridized carbons (Fsp3) is 0.368. The fourth-order valence-electron chi connectivity index (χ4n) is 3.37. The number of anilines is 2. The molecule has 2 aromatic rings. The number of hydrogen-bond donors (Lipinski definition) is 1. The number of hydrogen-bond acceptors (Lipinski definition) is 3. The molecule has 2 amide bonds. The third-order valence-corrected chi connectivity index (χ3v) is 5.67. The molecular formula is C19H20Cl3FN4O. The summed E-state index contributed by atoms with van der Waals surface area (Å²) in [5.41, 5.74) is 1.19. The van der Waals surface area contributed by atoms with E-state index in [9.17, 15) is 9.18 Å². The van der Waals surface area contributed by atoms with Gasteiger partial charge in [-0.3, -0.25) is 4.98 Å². The topological polar surface area (TPSA) is 48.5 Å². The lowest BCUT2D eigenvalue weighted by Crippen LogP contribution is -2.43. The van der Waals surface area contributed by atoms with Crippen molar-refractivity contribution in [3.8, 4) is 0 Å². The molecule has 0 saturated carbocycles. The second kappa shape index (κ2) is 9.16. The lowest BCUT2D eigenvalue weighted by molar-refractivity contribution is 0.189. The Labute approximate surface area is 178 Å². The predicted octanol–water partition coefficient (Wildman–Crippen LogP) is 5.70. The van der Waals surface area contributed by atoms with Crippen molar-refractivity contribution in [3.05, 3.63) is 51.5 Å². The normalized spacial score (nSPS) is 17.4. The molecule has 1 saturated heterocycles. The molecule has 1 N–H and O–H groups in total. The van der Waals surface area contributed by atoms with Crippen molar-refractivity contribution in [1.29, 1.82) is 0 Å². The summed E-state index contributed by atoms with van der Waals surface area (Å²) in [4.78, 5) is 20.7. The molecule has 28 heavy (non-hydrogen) atoms. The van der Waals surface area contributed by atoms with Crippen molar-refractivity contribution in [1.82, 2.24) is 9.88 Å². The van der Waals surface area contributed by atoms with Crippen LogP contribution in [0.4, 0.5) is 20.6 Å². The number of urea groups is 1. The molecule has 1 unspecified atom stereocenters. The molecule has 0 radical (unpaired) electrons. The van der Waals surface area contributed by atoms with Crippen LogP contribution in [0.3, 0.4) is 0 Å². The lowest BCUT2D eigenvalue weighted by Gasteiger charge is -2.29. The van der Waals surface area contributed by atoms with E-state index < -0.39 is 5.82 Å². The Hall–Kier alpha value is -1.76. The molecule has 1 fully saturated rings. The Bertz CT molecular complexity index is 847. The van der Waals surface area contributed by atoms with Crippen LogP contribution >= 0.6 is 34.8 Å². The van der Waals surface area contributed by atoms with Crippen molar-refractivity contribution in [3.63, 3.8) is 0 Å². The maximum atomic E-state index is 13.3. The van der Waals surface area contributed by atoms with E-state index in [1.165, 1.54) is 18.2 Å². The first-order valence-electron chi connectivity index (χ1n) is 8.97. The Kier molecular flexibility index (Phi) is 6.86. The highest BCUT2D eigenvalue weighted by Crippen LogP contribution is 2.34. The number of carbonyl (C=O) groups is 1. The molecule has 1 aliphatic rings. The zero-order chi connectivity index (χ0) is 20.3. The third kappa shape index (κ3) is 4.62. The summed E-state index contributed by atoms with van der Waals surface area (Å²) in [5, 5.41) is 3.74. The van der Waals surface area contributed by atoms with Crippen molar-refractivity contribution >= 4 is 52.2 Å². The minimum atomic E-state index is -0.525. The molecule has 1 aliphatic heterocycles. The van der Waals surface area contributed by atoms with Crippen molar-refractivity contribution in [2.45, 2.75) is 25.8 Å². The summed E-state index contributed by atoms with van der Waals surface area (Å²) in [7, 11) is 0. The summed E-state index contributed by atoms with van der Waals surface area (Å²) in [6.45, 7) is 3.83. The first-order valence-corrected chi connectivity index (χ1v) is 10.1. The summed E-state index contributed by atoms with van der Waals surface area (Å²) in [6.07, 6.45) is 4.70. The fourth-order valence-corrected chi connectivity index (χ4v) is 4.16. The summed E-state index contributed by atoms with van der Waals surface area (Å²) in [5.74, 6) is -0.525. The van der Waals surface area contributed by atoms with Crippen LogP contribution in [0, 0.1) is 5.82 Å². The average molecular weight is 446 g/mol. The molecule has 1 aromatic carbocycles. The van der Waals surface area contributed by atoms with E-state index in [0.29, 0.717) is 35.4 Å². The molecule has 1 aromatic heterocycles. The minimum Gasteiger partial charge on any atom is -0.367 e. The van der Waals surface area contributed by atoms with Gasteiger partial charge in [-0.1, -0.05) is 41.7 Å². The zero-order valence-corrected chi connectivity index (χ0v) is 17.5. The molecule has 150 valence electrons. The number of aromatic nitrogens is 1. The van der Waals surface area contributed by atoms with Crippen LogP contribution in [0.25, 0.3) is 0 Å². The molecule has 0 spiro atoms. The van der Waals surface area contributed by atoms with Gasteiger partial charge in [-0.05, 0) is 31.0 Å². The van der Waals surface area contributed by atoms with Crippen molar-refractivity contribution in [2.75, 3.05) is 29.9 Å². The Morgan fingerprint density at radius 1 is 1.18 bits per heavy atom. The van der Waals surface area contributed by atoms with Gasteiger partial charge in [0.2, 0.25) is 0 Å². The number of amides is 2. The van der Waals surface area contributed by atoms with E-state index in [-0.39, 0.29) is 17.1 Å². The first-order chi connectivity index (χ1) is 13.4. The third-order valence-electron chi connectivity index (χ3n) is 4.83. The smallest absolute Gasteiger partial charge is 0.322 e. The number of benzene rings is 1.